The number of nitrogens with zero attached hydrogens (tertiary/aromatic N) is 2. The molecule has 0 spiro atoms. The number of rotatable bonds is 9. The van der Waals surface area contributed by atoms with Crippen molar-refractivity contribution in [3.63, 3.8) is 0 Å². The number of aromatic nitrogens is 2. The summed E-state index contributed by atoms with van der Waals surface area (Å²) in [4.78, 5) is 5.25. The summed E-state index contributed by atoms with van der Waals surface area (Å²) in [5.41, 5.74) is 20.9. The molecule has 71 heavy (non-hydrogen) atoms. The molecule has 0 fully saturated rings. The van der Waals surface area contributed by atoms with Gasteiger partial charge in [0, 0.05) is 11.3 Å². The molecule has 13 rings (SSSR count). The SMILES string of the molecule is c1ccc(-c2cc(-c3ccc(-c4c5ccccc5c(-c5cccc(-c6nc7ccccc7n6-c6ccccc6)c5)c5ccccc45)cc3)c(-c3ccccc3)c(-c3ccccc3)c2-c2ccccc2)cc1. The fraction of sp³-hybridized carbons (Fsp3) is 0. The molecule has 0 bridgehead atoms. The molecule has 0 saturated carbocycles. The molecule has 332 valence electrons. The van der Waals surface area contributed by atoms with Gasteiger partial charge in [-0.25, -0.2) is 4.98 Å². The van der Waals surface area contributed by atoms with Crippen molar-refractivity contribution in [2.24, 2.45) is 0 Å². The second-order valence-corrected chi connectivity index (χ2v) is 18.2. The Bertz CT molecular complexity index is 3990. The predicted molar refractivity (Wildman–Crippen MR) is 300 cm³/mol. The van der Waals surface area contributed by atoms with Gasteiger partial charge in [0.1, 0.15) is 5.82 Å². The Morgan fingerprint density at radius 1 is 0.239 bits per heavy atom. The minimum atomic E-state index is 0.918. The fourth-order valence-corrected chi connectivity index (χ4v) is 10.9. The smallest absolute Gasteiger partial charge is 0.145 e. The van der Waals surface area contributed by atoms with Gasteiger partial charge >= 0.3 is 0 Å². The summed E-state index contributed by atoms with van der Waals surface area (Å²) in [7, 11) is 0. The lowest BCUT2D eigenvalue weighted by Gasteiger charge is -2.24. The molecule has 12 aromatic carbocycles. The molecule has 2 nitrogen and oxygen atoms in total. The Morgan fingerprint density at radius 3 is 1.14 bits per heavy atom. The van der Waals surface area contributed by atoms with Crippen molar-refractivity contribution >= 4 is 32.6 Å². The van der Waals surface area contributed by atoms with E-state index in [2.05, 4.69) is 284 Å². The van der Waals surface area contributed by atoms with E-state index in [0.29, 0.717) is 0 Å². The third-order valence-corrected chi connectivity index (χ3v) is 14.0. The van der Waals surface area contributed by atoms with Crippen LogP contribution in [0.4, 0.5) is 0 Å². The van der Waals surface area contributed by atoms with Crippen LogP contribution in [0, 0.1) is 0 Å². The Morgan fingerprint density at radius 2 is 0.606 bits per heavy atom. The van der Waals surface area contributed by atoms with Crippen LogP contribution in [-0.2, 0) is 0 Å². The van der Waals surface area contributed by atoms with Crippen molar-refractivity contribution in [2.45, 2.75) is 0 Å². The van der Waals surface area contributed by atoms with Crippen LogP contribution < -0.4 is 0 Å². The first-order chi connectivity index (χ1) is 35.3. The Labute approximate surface area is 414 Å². The van der Waals surface area contributed by atoms with Crippen molar-refractivity contribution in [1.29, 1.82) is 0 Å². The van der Waals surface area contributed by atoms with Gasteiger partial charge in [-0.2, -0.15) is 0 Å². The zero-order chi connectivity index (χ0) is 47.1. The molecule has 0 radical (unpaired) electrons. The van der Waals surface area contributed by atoms with Crippen LogP contribution in [0.2, 0.25) is 0 Å². The summed E-state index contributed by atoms with van der Waals surface area (Å²) in [5, 5.41) is 4.85. The van der Waals surface area contributed by atoms with Crippen molar-refractivity contribution in [3.05, 3.63) is 279 Å². The summed E-state index contributed by atoms with van der Waals surface area (Å²) in [6, 6.07) is 101. The monoisotopic (exact) mass is 902 g/mol. The first-order valence-electron chi connectivity index (χ1n) is 24.4. The lowest BCUT2D eigenvalue weighted by atomic mass is 9.78. The lowest BCUT2D eigenvalue weighted by Crippen LogP contribution is -1.98. The molecule has 1 heterocycles. The molecular formula is C69H46N2. The Balaban J connectivity index is 1.01. The van der Waals surface area contributed by atoms with Gasteiger partial charge in [0.05, 0.1) is 11.0 Å². The van der Waals surface area contributed by atoms with Crippen molar-refractivity contribution in [3.8, 4) is 95.0 Å². The molecule has 0 aliphatic rings. The van der Waals surface area contributed by atoms with Gasteiger partial charge in [-0.15, -0.1) is 0 Å². The zero-order valence-corrected chi connectivity index (χ0v) is 39.0. The number of para-hydroxylation sites is 3. The van der Waals surface area contributed by atoms with E-state index in [4.69, 9.17) is 4.98 Å². The maximum atomic E-state index is 5.25. The summed E-state index contributed by atoms with van der Waals surface area (Å²) < 4.78 is 2.28. The van der Waals surface area contributed by atoms with Crippen LogP contribution in [0.15, 0.2) is 279 Å². The molecule has 0 aliphatic heterocycles. The van der Waals surface area contributed by atoms with Gasteiger partial charge in [-0.3, -0.25) is 4.57 Å². The molecule has 0 N–H and O–H groups in total. The first kappa shape index (κ1) is 41.8. The average molecular weight is 903 g/mol. The fourth-order valence-electron chi connectivity index (χ4n) is 10.9. The topological polar surface area (TPSA) is 17.8 Å². The Hall–Kier alpha value is -9.37. The summed E-state index contributed by atoms with van der Waals surface area (Å²) >= 11 is 0. The van der Waals surface area contributed by atoms with E-state index in [1.165, 1.54) is 88.3 Å². The van der Waals surface area contributed by atoms with E-state index < -0.39 is 0 Å². The second kappa shape index (κ2) is 17.9. The largest absolute Gasteiger partial charge is 0.292 e. The van der Waals surface area contributed by atoms with Gasteiger partial charge < -0.3 is 0 Å². The van der Waals surface area contributed by atoms with Crippen molar-refractivity contribution in [1.82, 2.24) is 9.55 Å². The highest BCUT2D eigenvalue weighted by Gasteiger charge is 2.25. The summed E-state index contributed by atoms with van der Waals surface area (Å²) in [6.07, 6.45) is 0. The number of fused-ring (bicyclic) bond motifs is 3. The van der Waals surface area contributed by atoms with E-state index in [0.717, 1.165) is 39.2 Å². The van der Waals surface area contributed by atoms with E-state index in [9.17, 15) is 0 Å². The highest BCUT2D eigenvalue weighted by Crippen LogP contribution is 2.51. The quantitative estimate of drug-likeness (QED) is 0.132. The predicted octanol–water partition coefficient (Wildman–Crippen LogP) is 18.7. The maximum absolute atomic E-state index is 5.25. The first-order valence-corrected chi connectivity index (χ1v) is 24.4. The Kier molecular flexibility index (Phi) is 10.6. The van der Waals surface area contributed by atoms with E-state index in [1.54, 1.807) is 0 Å². The van der Waals surface area contributed by atoms with Gasteiger partial charge in [0.15, 0.2) is 0 Å². The summed E-state index contributed by atoms with van der Waals surface area (Å²) in [6.45, 7) is 0. The number of imidazole rings is 1. The normalized spacial score (nSPS) is 11.4. The molecule has 0 unspecified atom stereocenters. The molecular weight excluding hydrogens is 857 g/mol. The van der Waals surface area contributed by atoms with Gasteiger partial charge in [-0.05, 0) is 136 Å². The second-order valence-electron chi connectivity index (χ2n) is 18.2. The number of benzene rings is 12. The molecule has 0 amide bonds. The zero-order valence-electron chi connectivity index (χ0n) is 39.0. The van der Waals surface area contributed by atoms with Crippen molar-refractivity contribution < 1.29 is 0 Å². The molecule has 0 atom stereocenters. The molecule has 1 aromatic heterocycles. The highest BCUT2D eigenvalue weighted by molar-refractivity contribution is 6.21. The van der Waals surface area contributed by atoms with Crippen LogP contribution in [0.25, 0.3) is 128 Å². The minimum absolute atomic E-state index is 0.918. The van der Waals surface area contributed by atoms with Crippen LogP contribution in [0.3, 0.4) is 0 Å². The van der Waals surface area contributed by atoms with Crippen LogP contribution in [0.5, 0.6) is 0 Å². The van der Waals surface area contributed by atoms with E-state index in [1.807, 2.05) is 0 Å². The third kappa shape index (κ3) is 7.42. The standard InChI is InChI=1S/C69H46N2/c1-6-23-47(24-7-1)60-46-61(67(50-27-10-3-11-28-50)68(51-29-12-4-13-30-51)66(60)49-25-8-2-9-26-49)48-41-43-52(44-42-48)64-56-35-16-18-37-58(56)65(59-38-19-17-36-57(59)64)53-31-22-32-54(45-53)69-70-62-39-20-21-40-63(62)71(69)55-33-14-5-15-34-55/h1-46H. The molecule has 0 saturated heterocycles. The highest BCUT2D eigenvalue weighted by atomic mass is 15.1. The molecule has 13 aromatic rings. The van der Waals surface area contributed by atoms with Gasteiger partial charge in [0.2, 0.25) is 0 Å². The third-order valence-electron chi connectivity index (χ3n) is 14.0. The average Bonchev–Trinajstić information content (AvgIpc) is 3.85. The van der Waals surface area contributed by atoms with Crippen LogP contribution in [-0.4, -0.2) is 9.55 Å². The maximum Gasteiger partial charge on any atom is 0.145 e. The van der Waals surface area contributed by atoms with Crippen LogP contribution in [0.1, 0.15) is 0 Å². The summed E-state index contributed by atoms with van der Waals surface area (Å²) in [5.74, 6) is 0.918. The van der Waals surface area contributed by atoms with Gasteiger partial charge in [-0.1, -0.05) is 243 Å². The number of hydrogen-bond acceptors (Lipinski definition) is 1. The number of hydrogen-bond donors (Lipinski definition) is 0. The molecule has 0 aliphatic carbocycles. The van der Waals surface area contributed by atoms with E-state index >= 15 is 0 Å². The minimum Gasteiger partial charge on any atom is -0.292 e. The molecule has 2 heteroatoms. The van der Waals surface area contributed by atoms with Gasteiger partial charge in [0.25, 0.3) is 0 Å². The lowest BCUT2D eigenvalue weighted by molar-refractivity contribution is 1.10. The van der Waals surface area contributed by atoms with Crippen LogP contribution >= 0.6 is 0 Å². The van der Waals surface area contributed by atoms with Crippen molar-refractivity contribution in [2.75, 3.05) is 0 Å². The van der Waals surface area contributed by atoms with E-state index in [-0.39, 0.29) is 0 Å².